The highest BCUT2D eigenvalue weighted by Gasteiger charge is 2.25. The average Bonchev–Trinajstić information content (AvgIpc) is 2.69. The molecule has 0 bridgehead atoms. The van der Waals surface area contributed by atoms with Crippen LogP contribution in [0.4, 0.5) is 5.69 Å². The van der Waals surface area contributed by atoms with Gasteiger partial charge in [-0.2, -0.15) is 0 Å². The molecule has 0 atom stereocenters. The molecule has 0 saturated carbocycles. The first-order chi connectivity index (χ1) is 13.0. The van der Waals surface area contributed by atoms with Crippen LogP contribution in [0.15, 0.2) is 48.5 Å². The predicted octanol–water partition coefficient (Wildman–Crippen LogP) is 4.20. The zero-order valence-corrected chi connectivity index (χ0v) is 17.3. The van der Waals surface area contributed by atoms with E-state index < -0.39 is 0 Å². The minimum absolute atomic E-state index is 0.0235. The monoisotopic (exact) mass is 368 g/mol. The highest BCUT2D eigenvalue weighted by atomic mass is 16.2. The van der Waals surface area contributed by atoms with E-state index in [4.69, 9.17) is 11.6 Å². The average molecular weight is 369 g/mol. The van der Waals surface area contributed by atoms with E-state index in [1.165, 1.54) is 5.01 Å². The standard InChI is InChI=1S/C18H20N4O.2C2H6/c1-12(23)22-11-13-7-3-4-8-14(13)18(21(2)20)17(19)15-9-5-6-10-16(15)22;2*1-2/h3-10H,11,19-20H2,1-2H3;2*1-2H3/b18-17-;;. The van der Waals surface area contributed by atoms with Crippen LogP contribution in [0.3, 0.4) is 0 Å². The van der Waals surface area contributed by atoms with Crippen molar-refractivity contribution in [3.63, 3.8) is 0 Å². The minimum Gasteiger partial charge on any atom is -0.396 e. The Morgan fingerprint density at radius 2 is 1.48 bits per heavy atom. The second kappa shape index (κ2) is 10.4. The number of nitrogens with zero attached hydrogens (tertiary/aromatic N) is 2. The Bertz CT molecular complexity index is 796. The van der Waals surface area contributed by atoms with Crippen molar-refractivity contribution in [2.45, 2.75) is 41.2 Å². The number of anilines is 1. The molecule has 0 aromatic heterocycles. The number of hydrogen-bond donors (Lipinski definition) is 2. The number of hydrogen-bond acceptors (Lipinski definition) is 4. The molecular formula is C22H32N4O. The van der Waals surface area contributed by atoms with Crippen molar-refractivity contribution in [1.29, 1.82) is 0 Å². The van der Waals surface area contributed by atoms with E-state index in [0.717, 1.165) is 28.1 Å². The van der Waals surface area contributed by atoms with E-state index >= 15 is 0 Å². The first-order valence-electron chi connectivity index (χ1n) is 9.44. The third-order valence-corrected chi connectivity index (χ3v) is 4.07. The Labute approximate surface area is 163 Å². The third-order valence-electron chi connectivity index (χ3n) is 4.07. The topological polar surface area (TPSA) is 75.6 Å². The van der Waals surface area contributed by atoms with Gasteiger partial charge in [0.05, 0.1) is 23.6 Å². The molecule has 4 N–H and O–H groups in total. The summed E-state index contributed by atoms with van der Waals surface area (Å²) in [6, 6.07) is 15.5. The van der Waals surface area contributed by atoms with Gasteiger partial charge in [0.1, 0.15) is 0 Å². The number of carbonyl (C=O) groups excluding carboxylic acids is 1. The van der Waals surface area contributed by atoms with Gasteiger partial charge in [0.25, 0.3) is 0 Å². The van der Waals surface area contributed by atoms with E-state index in [1.807, 2.05) is 76.2 Å². The molecule has 2 aromatic rings. The Balaban J connectivity index is 0.000000855. The molecule has 5 heteroatoms. The van der Waals surface area contributed by atoms with Gasteiger partial charge >= 0.3 is 0 Å². The number of hydrazine groups is 1. The highest BCUT2D eigenvalue weighted by Crippen LogP contribution is 2.35. The molecule has 5 nitrogen and oxygen atoms in total. The second-order valence-corrected chi connectivity index (χ2v) is 5.65. The Kier molecular flexibility index (Phi) is 8.56. The molecule has 0 aliphatic carbocycles. The van der Waals surface area contributed by atoms with Crippen LogP contribution in [0.5, 0.6) is 0 Å². The number of rotatable bonds is 1. The Hall–Kier alpha value is -2.79. The van der Waals surface area contributed by atoms with Crippen LogP contribution in [0.25, 0.3) is 11.4 Å². The molecule has 1 aliphatic heterocycles. The summed E-state index contributed by atoms with van der Waals surface area (Å²) in [5.41, 5.74) is 11.3. The first kappa shape index (κ1) is 22.3. The molecule has 2 aromatic carbocycles. The summed E-state index contributed by atoms with van der Waals surface area (Å²) in [7, 11) is 1.77. The fraction of sp³-hybridized carbons (Fsp3) is 0.318. The maximum atomic E-state index is 12.2. The van der Waals surface area contributed by atoms with Crippen molar-refractivity contribution in [3.05, 3.63) is 65.2 Å². The Morgan fingerprint density at radius 3 is 2.04 bits per heavy atom. The lowest BCUT2D eigenvalue weighted by Crippen LogP contribution is -2.33. The van der Waals surface area contributed by atoms with Crippen molar-refractivity contribution >= 4 is 23.0 Å². The van der Waals surface area contributed by atoms with E-state index in [0.29, 0.717) is 12.2 Å². The molecule has 0 spiro atoms. The molecule has 1 amide bonds. The summed E-state index contributed by atoms with van der Waals surface area (Å²) >= 11 is 0. The molecule has 0 radical (unpaired) electrons. The quantitative estimate of drug-likeness (QED) is 0.584. The van der Waals surface area contributed by atoms with Crippen molar-refractivity contribution in [3.8, 4) is 0 Å². The van der Waals surface area contributed by atoms with Crippen molar-refractivity contribution in [2.75, 3.05) is 11.9 Å². The van der Waals surface area contributed by atoms with Gasteiger partial charge in [-0.05, 0) is 11.6 Å². The van der Waals surface area contributed by atoms with E-state index in [1.54, 1.807) is 18.9 Å². The van der Waals surface area contributed by atoms with Gasteiger partial charge in [-0.3, -0.25) is 4.79 Å². The third kappa shape index (κ3) is 4.68. The molecule has 146 valence electrons. The number of benzene rings is 2. The maximum absolute atomic E-state index is 12.2. The van der Waals surface area contributed by atoms with Crippen molar-refractivity contribution < 1.29 is 4.79 Å². The second-order valence-electron chi connectivity index (χ2n) is 5.65. The molecular weight excluding hydrogens is 336 g/mol. The van der Waals surface area contributed by atoms with E-state index in [9.17, 15) is 4.79 Å². The summed E-state index contributed by atoms with van der Waals surface area (Å²) in [6.07, 6.45) is 0. The zero-order chi connectivity index (χ0) is 20.6. The van der Waals surface area contributed by atoms with Crippen molar-refractivity contribution in [2.24, 2.45) is 11.6 Å². The largest absolute Gasteiger partial charge is 0.396 e. The van der Waals surface area contributed by atoms with Crippen LogP contribution in [0, 0.1) is 0 Å². The summed E-state index contributed by atoms with van der Waals surface area (Å²) in [5.74, 6) is 6.04. The van der Waals surface area contributed by atoms with Gasteiger partial charge in [-0.1, -0.05) is 70.2 Å². The molecule has 0 fully saturated rings. The lowest BCUT2D eigenvalue weighted by molar-refractivity contribution is -0.116. The smallest absolute Gasteiger partial charge is 0.224 e. The van der Waals surface area contributed by atoms with Gasteiger partial charge in [0.15, 0.2) is 0 Å². The number of para-hydroxylation sites is 1. The molecule has 0 saturated heterocycles. The van der Waals surface area contributed by atoms with Crippen molar-refractivity contribution in [1.82, 2.24) is 5.01 Å². The number of carbonyl (C=O) groups is 1. The van der Waals surface area contributed by atoms with Gasteiger partial charge in [0.2, 0.25) is 5.91 Å². The normalized spacial score (nSPS) is 14.9. The van der Waals surface area contributed by atoms with Crippen LogP contribution >= 0.6 is 0 Å². The molecule has 1 aliphatic rings. The van der Waals surface area contributed by atoms with Gasteiger partial charge in [0, 0.05) is 25.1 Å². The highest BCUT2D eigenvalue weighted by molar-refractivity contribution is 6.00. The molecule has 1 heterocycles. The minimum atomic E-state index is -0.0235. The summed E-state index contributed by atoms with van der Waals surface area (Å²) < 4.78 is 0. The van der Waals surface area contributed by atoms with Gasteiger partial charge < -0.3 is 15.6 Å². The molecule has 3 rings (SSSR count). The van der Waals surface area contributed by atoms with Gasteiger partial charge in [-0.15, -0.1) is 0 Å². The molecule has 0 unspecified atom stereocenters. The maximum Gasteiger partial charge on any atom is 0.224 e. The molecule has 27 heavy (non-hydrogen) atoms. The number of fused-ring (bicyclic) bond motifs is 2. The van der Waals surface area contributed by atoms with Crippen LogP contribution in [0.2, 0.25) is 0 Å². The van der Waals surface area contributed by atoms with Crippen LogP contribution < -0.4 is 16.5 Å². The lowest BCUT2D eigenvalue weighted by Gasteiger charge is -2.31. The summed E-state index contributed by atoms with van der Waals surface area (Å²) in [5, 5.41) is 1.54. The summed E-state index contributed by atoms with van der Waals surface area (Å²) in [4.78, 5) is 13.9. The van der Waals surface area contributed by atoms with Gasteiger partial charge in [-0.25, -0.2) is 5.84 Å². The Morgan fingerprint density at radius 1 is 0.963 bits per heavy atom. The number of nitrogens with two attached hydrogens (primary N) is 2. The fourth-order valence-electron chi connectivity index (χ4n) is 3.02. The first-order valence-corrected chi connectivity index (χ1v) is 9.44. The van der Waals surface area contributed by atoms with E-state index in [-0.39, 0.29) is 5.91 Å². The van der Waals surface area contributed by atoms with Crippen LogP contribution in [-0.4, -0.2) is 18.0 Å². The van der Waals surface area contributed by atoms with Crippen LogP contribution in [-0.2, 0) is 11.3 Å². The fourth-order valence-corrected chi connectivity index (χ4v) is 3.02. The van der Waals surface area contributed by atoms with E-state index in [2.05, 4.69) is 0 Å². The summed E-state index contributed by atoms with van der Waals surface area (Å²) in [6.45, 7) is 10.0. The number of amides is 1. The predicted molar refractivity (Wildman–Crippen MR) is 115 cm³/mol. The lowest BCUT2D eigenvalue weighted by atomic mass is 9.96. The SMILES string of the molecule is CC.CC.CC(=O)N1Cc2ccccc2/C(N(C)N)=C(/N)c2ccccc21. The zero-order valence-electron chi connectivity index (χ0n) is 17.3. The van der Waals surface area contributed by atoms with Crippen LogP contribution in [0.1, 0.15) is 51.3 Å².